The number of ketones is 1. The maximum absolute atomic E-state index is 14.1. The highest BCUT2D eigenvalue weighted by atomic mass is 16.7. The summed E-state index contributed by atoms with van der Waals surface area (Å²) < 4.78 is 31.8. The largest absolute Gasteiger partial charge is 0.462 e. The monoisotopic (exact) mass is 717 g/mol. The molecule has 4 aliphatic heterocycles. The van der Waals surface area contributed by atoms with Crippen molar-refractivity contribution in [3.05, 3.63) is 83.0 Å². The average Bonchev–Trinajstić information content (AvgIpc) is 3.47. The fourth-order valence-corrected chi connectivity index (χ4v) is 8.28. The maximum Gasteiger partial charge on any atom is 0.361 e. The predicted molar refractivity (Wildman–Crippen MR) is 192 cm³/mol. The second kappa shape index (κ2) is 15.6. The standard InChI is InChI=1S/C41H51NO10/c1-7-33-24(2)18-19-40(52-33)22-31-21-30(51-40)17-16-26(4)36(50-39(45)34(42-47-6)28-13-9-8-10-14-28)25(3)12-11-15-29-23-48-37-35(43)27(5)20-32(38(44)49-31)41(29,37)46/h8-16,20,24-25,30-33,36-37,46H,7,17-19,21-23H2,1-6H3/b12-11+,26-16+,29-15+,42-34+/t24-,25-,30+,31-,32-,33+,36?,37+,40+,41+/m0/s1. The molecular weight excluding hydrogens is 666 g/mol. The third-order valence-electron chi connectivity index (χ3n) is 11.2. The third kappa shape index (κ3) is 7.46. The molecule has 1 aliphatic carbocycles. The van der Waals surface area contributed by atoms with Crippen LogP contribution in [0.1, 0.15) is 78.7 Å². The van der Waals surface area contributed by atoms with Crippen molar-refractivity contribution in [2.45, 2.75) is 115 Å². The van der Waals surface area contributed by atoms with E-state index in [0.29, 0.717) is 48.3 Å². The zero-order valence-corrected chi connectivity index (χ0v) is 30.9. The van der Waals surface area contributed by atoms with Gasteiger partial charge in [-0.3, -0.25) is 9.59 Å². The number of fused-ring (bicyclic) bond motifs is 2. The van der Waals surface area contributed by atoms with Gasteiger partial charge in [0.25, 0.3) is 0 Å². The smallest absolute Gasteiger partial charge is 0.361 e. The molecule has 10 atom stereocenters. The zero-order chi connectivity index (χ0) is 37.2. The average molecular weight is 718 g/mol. The summed E-state index contributed by atoms with van der Waals surface area (Å²) in [6.45, 7) is 9.68. The lowest BCUT2D eigenvalue weighted by Crippen LogP contribution is -2.57. The van der Waals surface area contributed by atoms with Gasteiger partial charge in [0.1, 0.15) is 30.8 Å². The number of ether oxygens (including phenoxy) is 5. The summed E-state index contributed by atoms with van der Waals surface area (Å²) in [5, 5.41) is 16.3. The van der Waals surface area contributed by atoms with Crippen molar-refractivity contribution >= 4 is 23.4 Å². The van der Waals surface area contributed by atoms with E-state index in [4.69, 9.17) is 28.5 Å². The number of hydrogen-bond acceptors (Lipinski definition) is 11. The summed E-state index contributed by atoms with van der Waals surface area (Å²) in [7, 11) is 1.38. The molecule has 1 aromatic rings. The number of benzene rings is 1. The Morgan fingerprint density at radius 3 is 2.60 bits per heavy atom. The lowest BCUT2D eigenvalue weighted by molar-refractivity contribution is -0.335. The van der Waals surface area contributed by atoms with Crippen LogP contribution in [0.4, 0.5) is 0 Å². The molecule has 1 unspecified atom stereocenters. The maximum atomic E-state index is 14.1. The van der Waals surface area contributed by atoms with E-state index < -0.39 is 47.6 Å². The first-order valence-electron chi connectivity index (χ1n) is 18.4. The van der Waals surface area contributed by atoms with E-state index in [9.17, 15) is 19.5 Å². The number of carbonyl (C=O) groups excluding carboxylic acids is 3. The Hall–Kier alpha value is -3.90. The normalized spacial score (nSPS) is 39.6. The van der Waals surface area contributed by atoms with Crippen LogP contribution in [-0.4, -0.2) is 84.2 Å². The van der Waals surface area contributed by atoms with Crippen LogP contribution in [-0.2, 0) is 42.9 Å². The van der Waals surface area contributed by atoms with Gasteiger partial charge in [0.2, 0.25) is 0 Å². The molecule has 6 rings (SSSR count). The van der Waals surface area contributed by atoms with Crippen LogP contribution in [0, 0.1) is 17.8 Å². The fourth-order valence-electron chi connectivity index (χ4n) is 8.28. The van der Waals surface area contributed by atoms with Crippen LogP contribution in [0.25, 0.3) is 0 Å². The van der Waals surface area contributed by atoms with Crippen molar-refractivity contribution in [2.24, 2.45) is 22.9 Å². The quantitative estimate of drug-likeness (QED) is 0.175. The van der Waals surface area contributed by atoms with E-state index in [1.165, 1.54) is 13.2 Å². The number of allylic oxidation sites excluding steroid dienone is 2. The Morgan fingerprint density at radius 1 is 1.10 bits per heavy atom. The van der Waals surface area contributed by atoms with E-state index >= 15 is 0 Å². The zero-order valence-electron chi connectivity index (χ0n) is 30.9. The van der Waals surface area contributed by atoms with Gasteiger partial charge >= 0.3 is 11.9 Å². The van der Waals surface area contributed by atoms with Gasteiger partial charge in [-0.05, 0) is 55.7 Å². The number of Topliss-reactive ketones (excluding diaryl/α,β-unsaturated/α-hetero) is 1. The number of hydrogen-bond donors (Lipinski definition) is 1. The molecular formula is C41H51NO10. The van der Waals surface area contributed by atoms with Gasteiger partial charge in [-0.25, -0.2) is 4.79 Å². The lowest BCUT2D eigenvalue weighted by Gasteiger charge is -2.49. The molecule has 0 amide bonds. The number of rotatable bonds is 5. The number of aliphatic hydroxyl groups is 1. The molecule has 0 aromatic heterocycles. The first-order valence-corrected chi connectivity index (χ1v) is 18.4. The molecule has 3 saturated heterocycles. The molecule has 11 nitrogen and oxygen atoms in total. The Morgan fingerprint density at radius 2 is 1.87 bits per heavy atom. The molecule has 4 heterocycles. The molecule has 5 aliphatic rings. The summed E-state index contributed by atoms with van der Waals surface area (Å²) >= 11 is 0. The molecule has 0 radical (unpaired) electrons. The Bertz CT molecular complexity index is 1680. The molecule has 1 spiro atoms. The van der Waals surface area contributed by atoms with E-state index in [1.807, 2.05) is 32.1 Å². The van der Waals surface area contributed by atoms with Crippen LogP contribution in [0.15, 0.2) is 82.6 Å². The number of nitrogens with zero attached hydrogens (tertiary/aromatic N) is 1. The Balaban J connectivity index is 1.40. The Labute approximate surface area is 305 Å². The molecule has 11 heteroatoms. The highest BCUT2D eigenvalue weighted by Gasteiger charge is 2.60. The van der Waals surface area contributed by atoms with Crippen LogP contribution < -0.4 is 0 Å². The second-order valence-electron chi connectivity index (χ2n) is 14.9. The van der Waals surface area contributed by atoms with Crippen LogP contribution in [0.5, 0.6) is 0 Å². The van der Waals surface area contributed by atoms with Crippen molar-refractivity contribution in [1.29, 1.82) is 0 Å². The minimum Gasteiger partial charge on any atom is -0.462 e. The van der Waals surface area contributed by atoms with Gasteiger partial charge in [0.05, 0.1) is 18.8 Å². The molecule has 1 aromatic carbocycles. The van der Waals surface area contributed by atoms with Crippen molar-refractivity contribution in [3.8, 4) is 0 Å². The number of esters is 2. The molecule has 52 heavy (non-hydrogen) atoms. The molecule has 1 N–H and O–H groups in total. The van der Waals surface area contributed by atoms with Crippen molar-refractivity contribution in [1.82, 2.24) is 0 Å². The van der Waals surface area contributed by atoms with Crippen LogP contribution in [0.3, 0.4) is 0 Å². The van der Waals surface area contributed by atoms with Crippen LogP contribution in [0.2, 0.25) is 0 Å². The highest BCUT2D eigenvalue weighted by molar-refractivity contribution is 6.43. The third-order valence-corrected chi connectivity index (χ3v) is 11.2. The SMILES string of the molecule is CC[C@H]1O[C@]2(CC[C@@H]1C)C[C@@H]1C[C@@H](C/C=C(\C)C(OC(=O)/C(=N/OC)c3ccccc3)[C@@H](C)/C=C/C=C3\CO[C@@H]4C(=O)C(C)=C[C@@H](C(=O)O1)[C@]34O)O2. The highest BCUT2D eigenvalue weighted by Crippen LogP contribution is 2.46. The topological polar surface area (TPSA) is 139 Å². The van der Waals surface area contributed by atoms with Gasteiger partial charge < -0.3 is 33.6 Å². The summed E-state index contributed by atoms with van der Waals surface area (Å²) in [6.07, 6.45) is 9.38. The van der Waals surface area contributed by atoms with Gasteiger partial charge in [0, 0.05) is 30.7 Å². The van der Waals surface area contributed by atoms with Gasteiger partial charge in [-0.1, -0.05) is 86.6 Å². The summed E-state index contributed by atoms with van der Waals surface area (Å²) in [5.74, 6) is -3.76. The van der Waals surface area contributed by atoms with E-state index in [0.717, 1.165) is 18.4 Å². The predicted octanol–water partition coefficient (Wildman–Crippen LogP) is 5.70. The van der Waals surface area contributed by atoms with E-state index in [2.05, 4.69) is 19.0 Å². The fraction of sp³-hybridized carbons (Fsp3) is 0.561. The first kappa shape index (κ1) is 37.8. The van der Waals surface area contributed by atoms with Crippen molar-refractivity contribution in [3.63, 3.8) is 0 Å². The van der Waals surface area contributed by atoms with E-state index in [1.54, 1.807) is 43.3 Å². The summed E-state index contributed by atoms with van der Waals surface area (Å²) in [5.41, 5.74) is 0.153. The van der Waals surface area contributed by atoms with Crippen molar-refractivity contribution in [2.75, 3.05) is 13.7 Å². The van der Waals surface area contributed by atoms with Crippen LogP contribution >= 0.6 is 0 Å². The number of oxime groups is 1. The molecule has 3 fully saturated rings. The molecule has 280 valence electrons. The van der Waals surface area contributed by atoms with Gasteiger partial charge in [-0.15, -0.1) is 0 Å². The second-order valence-corrected chi connectivity index (χ2v) is 14.9. The minimum atomic E-state index is -1.94. The van der Waals surface area contributed by atoms with Gasteiger partial charge in [0.15, 0.2) is 23.4 Å². The van der Waals surface area contributed by atoms with Crippen molar-refractivity contribution < 1.29 is 48.0 Å². The first-order chi connectivity index (χ1) is 24.9. The summed E-state index contributed by atoms with van der Waals surface area (Å²) in [6, 6.07) is 8.97. The van der Waals surface area contributed by atoms with Gasteiger partial charge in [-0.2, -0.15) is 0 Å². The molecule has 2 bridgehead atoms. The Kier molecular flexibility index (Phi) is 11.4. The summed E-state index contributed by atoms with van der Waals surface area (Å²) in [4.78, 5) is 46.1. The lowest BCUT2D eigenvalue weighted by atomic mass is 9.71. The molecule has 0 saturated carbocycles. The minimum absolute atomic E-state index is 0.0114. The van der Waals surface area contributed by atoms with E-state index in [-0.39, 0.29) is 36.2 Å². The number of carbonyl (C=O) groups is 3.